The maximum atomic E-state index is 15.3. The van der Waals surface area contributed by atoms with Crippen molar-refractivity contribution in [1.29, 1.82) is 0 Å². The molecule has 0 radical (unpaired) electrons. The van der Waals surface area contributed by atoms with Crippen molar-refractivity contribution in [3.63, 3.8) is 0 Å². The highest BCUT2D eigenvalue weighted by Gasteiger charge is 2.38. The summed E-state index contributed by atoms with van der Waals surface area (Å²) in [6.45, 7) is 1.43. The van der Waals surface area contributed by atoms with Crippen molar-refractivity contribution >= 4 is 39.3 Å². The number of piperazine rings is 1. The molecule has 0 spiro atoms. The Balaban J connectivity index is 1.46. The van der Waals surface area contributed by atoms with Crippen LogP contribution < -0.4 is 16.0 Å². The van der Waals surface area contributed by atoms with Gasteiger partial charge in [0.15, 0.2) is 0 Å². The fourth-order valence-corrected chi connectivity index (χ4v) is 8.18. The number of carbonyl (C=O) groups excluding carboxylic acids is 1. The smallest absolute Gasteiger partial charge is 0.405 e. The van der Waals surface area contributed by atoms with Gasteiger partial charge in [0, 0.05) is 72.2 Å². The van der Waals surface area contributed by atoms with Gasteiger partial charge in [-0.25, -0.2) is 26.4 Å². The van der Waals surface area contributed by atoms with Gasteiger partial charge < -0.3 is 21.1 Å². The Labute approximate surface area is 275 Å². The molecular formula is C32H35ClF3N5O5S. The number of carbonyl (C=O) groups is 2. The average Bonchev–Trinajstić information content (AvgIpc) is 3.12. The van der Waals surface area contributed by atoms with Gasteiger partial charge in [0.2, 0.25) is 15.9 Å². The molecule has 4 N–H and O–H groups in total. The molecule has 2 bridgehead atoms. The van der Waals surface area contributed by atoms with Crippen LogP contribution in [0.25, 0.3) is 0 Å². The normalized spacial score (nSPS) is 22.0. The highest BCUT2D eigenvalue weighted by Crippen LogP contribution is 2.34. The number of halogens is 4. The number of alkyl halides is 2. The molecule has 47 heavy (non-hydrogen) atoms. The summed E-state index contributed by atoms with van der Waals surface area (Å²) in [5, 5.41) is 18.3. The zero-order chi connectivity index (χ0) is 33.9. The molecule has 2 saturated heterocycles. The number of amides is 2. The van der Waals surface area contributed by atoms with E-state index in [2.05, 4.69) is 20.9 Å². The van der Waals surface area contributed by atoms with E-state index in [0.717, 1.165) is 18.7 Å². The Morgan fingerprint density at radius 1 is 1.17 bits per heavy atom. The minimum absolute atomic E-state index is 0.0454. The van der Waals surface area contributed by atoms with Gasteiger partial charge >= 0.3 is 6.09 Å². The molecule has 5 unspecified atom stereocenters. The lowest BCUT2D eigenvalue weighted by atomic mass is 9.84. The molecule has 3 aromatic rings. The van der Waals surface area contributed by atoms with E-state index in [4.69, 9.17) is 11.6 Å². The number of nitrogens with zero attached hydrogens (tertiary/aromatic N) is 2. The van der Waals surface area contributed by atoms with Gasteiger partial charge in [-0.3, -0.25) is 9.78 Å². The average molecular weight is 694 g/mol. The first-order valence-electron chi connectivity index (χ1n) is 15.1. The highest BCUT2D eigenvalue weighted by molar-refractivity contribution is 7.89. The van der Waals surface area contributed by atoms with Crippen molar-refractivity contribution in [2.75, 3.05) is 24.2 Å². The van der Waals surface area contributed by atoms with Gasteiger partial charge in [-0.15, -0.1) is 0 Å². The van der Waals surface area contributed by atoms with Crippen molar-refractivity contribution in [2.24, 2.45) is 0 Å². The number of hydrogen-bond acceptors (Lipinski definition) is 6. The van der Waals surface area contributed by atoms with Gasteiger partial charge in [-0.05, 0) is 67.1 Å². The second-order valence-corrected chi connectivity index (χ2v) is 14.4. The van der Waals surface area contributed by atoms with Crippen LogP contribution in [-0.4, -0.2) is 71.8 Å². The predicted octanol–water partition coefficient (Wildman–Crippen LogP) is 5.09. The summed E-state index contributed by atoms with van der Waals surface area (Å²) < 4.78 is 71.3. The van der Waals surface area contributed by atoms with Gasteiger partial charge in [0.05, 0.1) is 5.75 Å². The molecule has 5 rings (SSSR count). The zero-order valence-electron chi connectivity index (χ0n) is 25.4. The molecule has 2 aliphatic heterocycles. The lowest BCUT2D eigenvalue weighted by Crippen LogP contribution is -2.57. The van der Waals surface area contributed by atoms with E-state index in [-0.39, 0.29) is 41.5 Å². The maximum Gasteiger partial charge on any atom is 0.405 e. The number of anilines is 1. The number of rotatable bonds is 10. The molecule has 2 aliphatic rings. The van der Waals surface area contributed by atoms with Crippen LogP contribution in [0.1, 0.15) is 54.4 Å². The fraction of sp³-hybridized carbons (Fsp3) is 0.406. The summed E-state index contributed by atoms with van der Waals surface area (Å²) >= 11 is 6.08. The highest BCUT2D eigenvalue weighted by atomic mass is 35.5. The van der Waals surface area contributed by atoms with E-state index in [1.54, 1.807) is 12.1 Å². The quantitative estimate of drug-likeness (QED) is 0.232. The summed E-state index contributed by atoms with van der Waals surface area (Å²) in [6.07, 6.45) is 2.32. The second kappa shape index (κ2) is 14.2. The van der Waals surface area contributed by atoms with Crippen LogP contribution in [0.2, 0.25) is 5.02 Å². The first-order valence-corrected chi connectivity index (χ1v) is 17.1. The standard InChI is InChI=1S/C32H35ClF3N5O5S/c1-32(35,36)21-14-20(15-37-16-21)28(19-7-9-22(33)10-8-19)29(40-31(43)44)30(42)39-27-6-2-5-26(34)25(27)12-11-24-17-38-23-4-3-13-47(45,46)41(24)18-23/h2,5-10,14-16,23-24,28-29,38,40H,3-4,11-13,17-18H2,1H3,(H,39,42)(H,43,44). The third-order valence-corrected chi connectivity index (χ3v) is 10.8. The molecule has 0 saturated carbocycles. The Hall–Kier alpha value is -3.72. The predicted molar refractivity (Wildman–Crippen MR) is 171 cm³/mol. The monoisotopic (exact) mass is 693 g/mol. The molecule has 0 aliphatic carbocycles. The minimum Gasteiger partial charge on any atom is -0.465 e. The largest absolute Gasteiger partial charge is 0.465 e. The van der Waals surface area contributed by atoms with E-state index in [9.17, 15) is 31.9 Å². The Bertz CT molecular complexity index is 1720. The number of aromatic nitrogens is 1. The van der Waals surface area contributed by atoms with Crippen molar-refractivity contribution in [3.05, 3.63) is 94.0 Å². The van der Waals surface area contributed by atoms with E-state index in [0.29, 0.717) is 37.0 Å². The number of nitrogens with one attached hydrogen (secondary N) is 3. The van der Waals surface area contributed by atoms with Gasteiger partial charge in [0.1, 0.15) is 11.9 Å². The van der Waals surface area contributed by atoms with Crippen LogP contribution in [0.4, 0.5) is 23.7 Å². The molecular weight excluding hydrogens is 659 g/mol. The fourth-order valence-electron chi connectivity index (χ4n) is 6.24. The molecule has 1 aromatic heterocycles. The first kappa shape index (κ1) is 34.6. The second-order valence-electron chi connectivity index (χ2n) is 11.9. The molecule has 2 aromatic carbocycles. The van der Waals surface area contributed by atoms with Crippen molar-refractivity contribution < 1.29 is 36.3 Å². The summed E-state index contributed by atoms with van der Waals surface area (Å²) in [4.78, 5) is 29.9. The lowest BCUT2D eigenvalue weighted by molar-refractivity contribution is -0.118. The van der Waals surface area contributed by atoms with E-state index in [1.807, 2.05) is 0 Å². The van der Waals surface area contributed by atoms with Crippen LogP contribution in [0.3, 0.4) is 0 Å². The van der Waals surface area contributed by atoms with Gasteiger partial charge in [0.25, 0.3) is 5.92 Å². The molecule has 10 nitrogen and oxygen atoms in total. The Kier molecular flexibility index (Phi) is 10.4. The minimum atomic E-state index is -3.48. The van der Waals surface area contributed by atoms with Crippen LogP contribution in [-0.2, 0) is 27.2 Å². The summed E-state index contributed by atoms with van der Waals surface area (Å²) in [7, 11) is -3.48. The van der Waals surface area contributed by atoms with Crippen LogP contribution in [0.15, 0.2) is 60.9 Å². The summed E-state index contributed by atoms with van der Waals surface area (Å²) in [6, 6.07) is 9.37. The van der Waals surface area contributed by atoms with Gasteiger partial charge in [-0.1, -0.05) is 29.8 Å². The van der Waals surface area contributed by atoms with Crippen LogP contribution in [0.5, 0.6) is 0 Å². The lowest BCUT2D eigenvalue weighted by Gasteiger charge is -2.37. The van der Waals surface area contributed by atoms with Crippen molar-refractivity contribution in [1.82, 2.24) is 19.9 Å². The van der Waals surface area contributed by atoms with Crippen LogP contribution >= 0.6 is 11.6 Å². The van der Waals surface area contributed by atoms with Crippen LogP contribution in [0, 0.1) is 5.82 Å². The molecule has 15 heteroatoms. The number of hydrogen-bond donors (Lipinski definition) is 4. The molecule has 3 heterocycles. The third-order valence-electron chi connectivity index (χ3n) is 8.62. The summed E-state index contributed by atoms with van der Waals surface area (Å²) in [5.74, 6) is -5.90. The zero-order valence-corrected chi connectivity index (χ0v) is 27.0. The number of carboxylic acid groups (broad SMARTS) is 1. The number of sulfonamides is 1. The Morgan fingerprint density at radius 3 is 2.62 bits per heavy atom. The number of fused-ring (bicyclic) bond motifs is 2. The topological polar surface area (TPSA) is 141 Å². The number of pyridine rings is 1. The Morgan fingerprint density at radius 2 is 1.91 bits per heavy atom. The maximum absolute atomic E-state index is 15.3. The van der Waals surface area contributed by atoms with E-state index < -0.39 is 57.3 Å². The van der Waals surface area contributed by atoms with Crippen molar-refractivity contribution in [3.8, 4) is 0 Å². The number of benzene rings is 2. The molecule has 2 amide bonds. The summed E-state index contributed by atoms with van der Waals surface area (Å²) in [5.41, 5.74) is 0.242. The van der Waals surface area contributed by atoms with E-state index >= 15 is 4.39 Å². The third kappa shape index (κ3) is 8.23. The molecule has 2 fully saturated rings. The first-order chi connectivity index (χ1) is 22.2. The SMILES string of the molecule is CC(F)(F)c1cncc(C(c2ccc(Cl)cc2)C(NC(=O)O)C(=O)Nc2cccc(F)c2CCC2CNC3CCCS(=O)(=O)N2C3)c1. The van der Waals surface area contributed by atoms with E-state index in [1.165, 1.54) is 40.8 Å². The van der Waals surface area contributed by atoms with Gasteiger partial charge in [-0.2, -0.15) is 4.31 Å². The molecule has 5 atom stereocenters. The molecule has 252 valence electrons. The van der Waals surface area contributed by atoms with Crippen molar-refractivity contribution in [2.45, 2.75) is 62.6 Å².